The molecule has 1 amide bonds. The van der Waals surface area contributed by atoms with Crippen LogP contribution in [-0.2, 0) is 14.3 Å². The van der Waals surface area contributed by atoms with E-state index in [0.29, 0.717) is 5.82 Å². The fourth-order valence-electron chi connectivity index (χ4n) is 2.98. The Morgan fingerprint density at radius 1 is 1.11 bits per heavy atom. The van der Waals surface area contributed by atoms with Gasteiger partial charge in [-0.3, -0.25) is 9.59 Å². The summed E-state index contributed by atoms with van der Waals surface area (Å²) >= 11 is 2.96. The summed E-state index contributed by atoms with van der Waals surface area (Å²) in [6.45, 7) is 13.5. The molecular weight excluding hydrogens is 382 g/mol. The molecule has 8 heteroatoms. The number of hydrogen-bond donors (Lipinski definition) is 0. The fourth-order valence-corrected chi connectivity index (χ4v) is 5.04. The van der Waals surface area contributed by atoms with Crippen molar-refractivity contribution in [3.05, 3.63) is 16.3 Å². The largest absolute Gasteiger partial charge is 0.455 e. The third-order valence-corrected chi connectivity index (χ3v) is 6.24. The molecule has 0 aliphatic carbocycles. The summed E-state index contributed by atoms with van der Waals surface area (Å²) in [6.07, 6.45) is 0. The molecule has 0 radical (unpaired) electrons. The Bertz CT molecular complexity index is 838. The molecule has 0 saturated heterocycles. The Morgan fingerprint density at radius 2 is 1.74 bits per heavy atom. The highest BCUT2D eigenvalue weighted by atomic mass is 32.2. The van der Waals surface area contributed by atoms with Gasteiger partial charge in [0, 0.05) is 22.3 Å². The van der Waals surface area contributed by atoms with Crippen molar-refractivity contribution in [2.45, 2.75) is 65.6 Å². The van der Waals surface area contributed by atoms with Crippen LogP contribution in [0.1, 0.15) is 44.0 Å². The molecule has 0 aliphatic rings. The molecule has 2 rings (SSSR count). The van der Waals surface area contributed by atoms with E-state index in [-0.39, 0.29) is 30.4 Å². The number of aromatic nitrogens is 2. The molecule has 148 valence electrons. The molecule has 2 aromatic rings. The van der Waals surface area contributed by atoms with Crippen LogP contribution >= 0.6 is 23.1 Å². The van der Waals surface area contributed by atoms with Crippen LogP contribution in [0.25, 0.3) is 10.2 Å². The lowest BCUT2D eigenvalue weighted by Gasteiger charge is -2.30. The van der Waals surface area contributed by atoms with Gasteiger partial charge in [-0.25, -0.2) is 9.97 Å². The minimum Gasteiger partial charge on any atom is -0.455 e. The van der Waals surface area contributed by atoms with Crippen LogP contribution in [0.15, 0.2) is 5.03 Å². The minimum absolute atomic E-state index is 0.0626. The number of hydrogen-bond acceptors (Lipinski definition) is 7. The van der Waals surface area contributed by atoms with Gasteiger partial charge in [-0.2, -0.15) is 0 Å². The zero-order valence-corrected chi connectivity index (χ0v) is 18.6. The fraction of sp³-hybridized carbons (Fsp3) is 0.579. The summed E-state index contributed by atoms with van der Waals surface area (Å²) in [6, 6.07) is 0.125. The van der Waals surface area contributed by atoms with Gasteiger partial charge in [0.25, 0.3) is 5.91 Å². The van der Waals surface area contributed by atoms with Crippen LogP contribution < -0.4 is 0 Å². The van der Waals surface area contributed by atoms with Crippen LogP contribution in [0.3, 0.4) is 0 Å². The van der Waals surface area contributed by atoms with Crippen molar-refractivity contribution >= 4 is 45.2 Å². The van der Waals surface area contributed by atoms with Crippen molar-refractivity contribution in [2.24, 2.45) is 0 Å². The van der Waals surface area contributed by atoms with E-state index in [1.807, 2.05) is 41.5 Å². The van der Waals surface area contributed by atoms with E-state index in [1.165, 1.54) is 16.6 Å². The van der Waals surface area contributed by atoms with Crippen LogP contribution in [-0.4, -0.2) is 51.2 Å². The van der Waals surface area contributed by atoms with E-state index in [9.17, 15) is 9.59 Å². The number of amides is 1. The zero-order chi connectivity index (χ0) is 20.3. The normalized spacial score (nSPS) is 11.4. The summed E-state index contributed by atoms with van der Waals surface area (Å²) in [4.78, 5) is 37.3. The second-order valence-electron chi connectivity index (χ2n) is 6.98. The Balaban J connectivity index is 2.00. The lowest BCUT2D eigenvalue weighted by atomic mass is 10.2. The van der Waals surface area contributed by atoms with Gasteiger partial charge in [-0.1, -0.05) is 11.8 Å². The first-order valence-electron chi connectivity index (χ1n) is 8.95. The Hall–Kier alpha value is -1.67. The van der Waals surface area contributed by atoms with Gasteiger partial charge in [0.1, 0.15) is 15.7 Å². The quantitative estimate of drug-likeness (QED) is 0.392. The van der Waals surface area contributed by atoms with Gasteiger partial charge < -0.3 is 9.64 Å². The summed E-state index contributed by atoms with van der Waals surface area (Å²) in [7, 11) is 0. The van der Waals surface area contributed by atoms with Crippen molar-refractivity contribution in [3.8, 4) is 0 Å². The van der Waals surface area contributed by atoms with Gasteiger partial charge in [0.05, 0.1) is 5.75 Å². The summed E-state index contributed by atoms with van der Waals surface area (Å²) in [5, 5.41) is 1.79. The molecule has 0 fully saturated rings. The topological polar surface area (TPSA) is 72.4 Å². The maximum absolute atomic E-state index is 12.3. The van der Waals surface area contributed by atoms with Crippen LogP contribution in [0.5, 0.6) is 0 Å². The molecule has 27 heavy (non-hydrogen) atoms. The molecule has 0 bridgehead atoms. The average Bonchev–Trinajstić information content (AvgIpc) is 2.84. The number of rotatable bonds is 7. The van der Waals surface area contributed by atoms with Gasteiger partial charge in [0.15, 0.2) is 6.61 Å². The van der Waals surface area contributed by atoms with Crippen LogP contribution in [0.2, 0.25) is 0 Å². The van der Waals surface area contributed by atoms with Crippen molar-refractivity contribution in [1.82, 2.24) is 14.9 Å². The molecule has 0 saturated carbocycles. The lowest BCUT2D eigenvalue weighted by molar-refractivity contribution is -0.151. The minimum atomic E-state index is -0.421. The predicted octanol–water partition coefficient (Wildman–Crippen LogP) is 3.90. The molecule has 0 aliphatic heterocycles. The van der Waals surface area contributed by atoms with E-state index in [4.69, 9.17) is 4.74 Å². The first-order chi connectivity index (χ1) is 12.6. The standard InChI is InChI=1S/C19H27N3O3S2/c1-10(2)22(11(3)4)15(23)8-25-16(24)9-26-18-17-12(5)13(6)27-19(17)21-14(7)20-18/h10-11H,8-9H2,1-7H3. The monoisotopic (exact) mass is 409 g/mol. The predicted molar refractivity (Wildman–Crippen MR) is 110 cm³/mol. The molecule has 0 aromatic carbocycles. The van der Waals surface area contributed by atoms with E-state index in [2.05, 4.69) is 16.9 Å². The Kier molecular flexibility index (Phi) is 7.22. The summed E-state index contributed by atoms with van der Waals surface area (Å²) in [5.41, 5.74) is 1.14. The highest BCUT2D eigenvalue weighted by Crippen LogP contribution is 2.35. The van der Waals surface area contributed by atoms with Crippen molar-refractivity contribution in [3.63, 3.8) is 0 Å². The Morgan fingerprint density at radius 3 is 2.33 bits per heavy atom. The average molecular weight is 410 g/mol. The lowest BCUT2D eigenvalue weighted by Crippen LogP contribution is -2.44. The zero-order valence-electron chi connectivity index (χ0n) is 17.0. The first kappa shape index (κ1) is 21.6. The van der Waals surface area contributed by atoms with E-state index in [0.717, 1.165) is 20.8 Å². The molecule has 6 nitrogen and oxygen atoms in total. The molecule has 2 heterocycles. The maximum Gasteiger partial charge on any atom is 0.316 e. The SMILES string of the molecule is Cc1nc(SCC(=O)OCC(=O)N(C(C)C)C(C)C)c2c(C)c(C)sc2n1. The van der Waals surface area contributed by atoms with Gasteiger partial charge in [-0.05, 0) is 54.0 Å². The molecule has 0 unspecified atom stereocenters. The number of aryl methyl sites for hydroxylation is 3. The molecule has 0 spiro atoms. The number of thioether (sulfide) groups is 1. The number of thiophene rings is 1. The number of carbonyl (C=O) groups is 2. The number of fused-ring (bicyclic) bond motifs is 1. The second-order valence-corrected chi connectivity index (χ2v) is 9.14. The number of nitrogens with zero attached hydrogens (tertiary/aromatic N) is 3. The molecule has 2 aromatic heterocycles. The number of esters is 1. The van der Waals surface area contributed by atoms with Gasteiger partial charge >= 0.3 is 5.97 Å². The number of carbonyl (C=O) groups excluding carboxylic acids is 2. The summed E-state index contributed by atoms with van der Waals surface area (Å²) < 4.78 is 5.19. The van der Waals surface area contributed by atoms with Crippen LogP contribution in [0.4, 0.5) is 0 Å². The van der Waals surface area contributed by atoms with Crippen molar-refractivity contribution in [2.75, 3.05) is 12.4 Å². The van der Waals surface area contributed by atoms with E-state index >= 15 is 0 Å². The third-order valence-electron chi connectivity index (χ3n) is 4.19. The molecular formula is C19H27N3O3S2. The van der Waals surface area contributed by atoms with E-state index in [1.54, 1.807) is 16.2 Å². The smallest absolute Gasteiger partial charge is 0.316 e. The maximum atomic E-state index is 12.3. The van der Waals surface area contributed by atoms with Crippen molar-refractivity contribution < 1.29 is 14.3 Å². The van der Waals surface area contributed by atoms with Crippen LogP contribution in [0, 0.1) is 20.8 Å². The first-order valence-corrected chi connectivity index (χ1v) is 10.8. The number of ether oxygens (including phenoxy) is 1. The van der Waals surface area contributed by atoms with Crippen molar-refractivity contribution in [1.29, 1.82) is 0 Å². The second kappa shape index (κ2) is 9.01. The Labute approximate surface area is 168 Å². The highest BCUT2D eigenvalue weighted by Gasteiger charge is 2.21. The van der Waals surface area contributed by atoms with Gasteiger partial charge in [-0.15, -0.1) is 11.3 Å². The van der Waals surface area contributed by atoms with Gasteiger partial charge in [0.2, 0.25) is 0 Å². The van der Waals surface area contributed by atoms with E-state index < -0.39 is 5.97 Å². The summed E-state index contributed by atoms with van der Waals surface area (Å²) in [5.74, 6) is 0.188. The highest BCUT2D eigenvalue weighted by molar-refractivity contribution is 8.00. The third kappa shape index (κ3) is 5.19. The molecule has 0 N–H and O–H groups in total. The molecule has 0 atom stereocenters.